The van der Waals surface area contributed by atoms with Crippen LogP contribution in [-0.4, -0.2) is 50.1 Å². The average Bonchev–Trinajstić information content (AvgIpc) is 3.35. The molecule has 2 amide bonds. The van der Waals surface area contributed by atoms with Crippen molar-refractivity contribution in [2.75, 3.05) is 38.3 Å². The van der Waals surface area contributed by atoms with Crippen LogP contribution in [0.2, 0.25) is 0 Å². The molecule has 0 aromatic heterocycles. The van der Waals surface area contributed by atoms with Crippen molar-refractivity contribution in [3.8, 4) is 0 Å². The van der Waals surface area contributed by atoms with Gasteiger partial charge in [0.15, 0.2) is 0 Å². The quantitative estimate of drug-likeness (QED) is 0.838. The molecular formula is C16H20N2O3. The highest BCUT2D eigenvalue weighted by Gasteiger charge is 2.50. The monoisotopic (exact) mass is 288 g/mol. The van der Waals surface area contributed by atoms with Crippen LogP contribution >= 0.6 is 0 Å². The topological polar surface area (TPSA) is 49.9 Å². The molecule has 0 spiro atoms. The smallest absolute Gasteiger partial charge is 0.230 e. The third kappa shape index (κ3) is 2.93. The third-order valence-electron chi connectivity index (χ3n) is 4.22. The van der Waals surface area contributed by atoms with E-state index < -0.39 is 0 Å². The van der Waals surface area contributed by atoms with E-state index in [2.05, 4.69) is 0 Å². The number of nitrogens with zero attached hydrogens (tertiary/aromatic N) is 2. The van der Waals surface area contributed by atoms with E-state index in [0.717, 1.165) is 5.69 Å². The number of morpholine rings is 1. The molecule has 21 heavy (non-hydrogen) atoms. The second kappa shape index (κ2) is 5.85. The molecule has 1 aliphatic heterocycles. The normalized spacial score (nSPS) is 24.5. The fourth-order valence-corrected chi connectivity index (χ4v) is 2.79. The summed E-state index contributed by atoms with van der Waals surface area (Å²) in [5, 5.41) is 0. The largest absolute Gasteiger partial charge is 0.378 e. The van der Waals surface area contributed by atoms with Crippen LogP contribution in [0.1, 0.15) is 6.42 Å². The number of hydrogen-bond donors (Lipinski definition) is 0. The van der Waals surface area contributed by atoms with Gasteiger partial charge in [0.1, 0.15) is 0 Å². The molecule has 1 heterocycles. The van der Waals surface area contributed by atoms with Gasteiger partial charge < -0.3 is 14.5 Å². The molecule has 5 heteroatoms. The summed E-state index contributed by atoms with van der Waals surface area (Å²) < 4.78 is 5.25. The Kier molecular flexibility index (Phi) is 3.92. The Morgan fingerprint density at radius 1 is 1.14 bits per heavy atom. The molecule has 2 atom stereocenters. The van der Waals surface area contributed by atoms with Gasteiger partial charge >= 0.3 is 0 Å². The van der Waals surface area contributed by atoms with Crippen molar-refractivity contribution >= 4 is 17.5 Å². The van der Waals surface area contributed by atoms with E-state index in [0.29, 0.717) is 32.7 Å². The standard InChI is InChI=1S/C16H20N2O3/c1-17(12-5-3-2-4-6-12)15(19)13-11-14(13)16(20)18-7-9-21-10-8-18/h2-6,13-14H,7-11H2,1H3. The number of ether oxygens (including phenoxy) is 1. The lowest BCUT2D eigenvalue weighted by Gasteiger charge is -2.27. The highest BCUT2D eigenvalue weighted by molar-refractivity contribution is 6.00. The predicted octanol–water partition coefficient (Wildman–Crippen LogP) is 1.14. The predicted molar refractivity (Wildman–Crippen MR) is 78.8 cm³/mol. The fraction of sp³-hybridized carbons (Fsp3) is 0.500. The first-order chi connectivity index (χ1) is 10.2. The van der Waals surface area contributed by atoms with Crippen LogP contribution in [0.3, 0.4) is 0 Å². The van der Waals surface area contributed by atoms with E-state index in [1.165, 1.54) is 0 Å². The molecule has 112 valence electrons. The minimum absolute atomic E-state index is 0.0350. The van der Waals surface area contributed by atoms with Gasteiger partial charge in [0.25, 0.3) is 0 Å². The molecule has 5 nitrogen and oxygen atoms in total. The minimum Gasteiger partial charge on any atom is -0.378 e. The third-order valence-corrected chi connectivity index (χ3v) is 4.22. The summed E-state index contributed by atoms with van der Waals surface area (Å²) >= 11 is 0. The van der Waals surface area contributed by atoms with Gasteiger partial charge in [0.2, 0.25) is 11.8 Å². The lowest BCUT2D eigenvalue weighted by atomic mass is 10.2. The van der Waals surface area contributed by atoms with Gasteiger partial charge in [-0.15, -0.1) is 0 Å². The molecule has 0 bridgehead atoms. The Balaban J connectivity index is 1.59. The summed E-state index contributed by atoms with van der Waals surface area (Å²) in [5.41, 5.74) is 0.868. The molecule has 1 saturated heterocycles. The highest BCUT2D eigenvalue weighted by atomic mass is 16.5. The molecular weight excluding hydrogens is 268 g/mol. The first-order valence-corrected chi connectivity index (χ1v) is 7.37. The molecule has 2 aliphatic rings. The summed E-state index contributed by atoms with van der Waals surface area (Å²) in [6.45, 7) is 2.48. The lowest BCUT2D eigenvalue weighted by molar-refractivity contribution is -0.138. The van der Waals surface area contributed by atoms with Gasteiger partial charge in [0, 0.05) is 25.8 Å². The number of anilines is 1. The number of carbonyl (C=O) groups excluding carboxylic acids is 2. The van der Waals surface area contributed by atoms with Crippen LogP contribution < -0.4 is 4.90 Å². The Morgan fingerprint density at radius 2 is 1.81 bits per heavy atom. The number of benzene rings is 1. The minimum atomic E-state index is -0.162. The Labute approximate surface area is 124 Å². The summed E-state index contributed by atoms with van der Waals surface area (Å²) in [6, 6.07) is 9.53. The van der Waals surface area contributed by atoms with Gasteiger partial charge in [-0.3, -0.25) is 9.59 Å². The van der Waals surface area contributed by atoms with Gasteiger partial charge in [0.05, 0.1) is 25.0 Å². The summed E-state index contributed by atoms with van der Waals surface area (Å²) in [7, 11) is 1.77. The molecule has 3 rings (SSSR count). The Bertz CT molecular complexity index is 526. The SMILES string of the molecule is CN(C(=O)C1CC1C(=O)N1CCOCC1)c1ccccc1. The Hall–Kier alpha value is -1.88. The first-order valence-electron chi connectivity index (χ1n) is 7.37. The molecule has 2 fully saturated rings. The van der Waals surface area contributed by atoms with Crippen LogP contribution in [-0.2, 0) is 14.3 Å². The first kappa shape index (κ1) is 14.1. The zero-order valence-electron chi connectivity index (χ0n) is 12.2. The van der Waals surface area contributed by atoms with Crippen LogP contribution in [0.25, 0.3) is 0 Å². The number of rotatable bonds is 3. The molecule has 0 N–H and O–H groups in total. The molecule has 2 unspecified atom stereocenters. The molecule has 1 saturated carbocycles. The maximum atomic E-state index is 12.4. The summed E-state index contributed by atoms with van der Waals surface area (Å²) in [5.74, 6) is -0.154. The average molecular weight is 288 g/mol. The van der Waals surface area contributed by atoms with E-state index in [9.17, 15) is 9.59 Å². The second-order valence-corrected chi connectivity index (χ2v) is 5.62. The van der Waals surface area contributed by atoms with Crippen molar-refractivity contribution in [1.82, 2.24) is 4.90 Å². The molecule has 1 aromatic rings. The van der Waals surface area contributed by atoms with E-state index in [4.69, 9.17) is 4.74 Å². The van der Waals surface area contributed by atoms with Crippen molar-refractivity contribution in [1.29, 1.82) is 0 Å². The van der Waals surface area contributed by atoms with Crippen molar-refractivity contribution in [2.45, 2.75) is 6.42 Å². The maximum Gasteiger partial charge on any atom is 0.230 e. The van der Waals surface area contributed by atoms with Crippen molar-refractivity contribution in [3.05, 3.63) is 30.3 Å². The fourth-order valence-electron chi connectivity index (χ4n) is 2.79. The molecule has 1 aromatic carbocycles. The van der Waals surface area contributed by atoms with Gasteiger partial charge in [-0.25, -0.2) is 0 Å². The van der Waals surface area contributed by atoms with Crippen LogP contribution in [0.4, 0.5) is 5.69 Å². The van der Waals surface area contributed by atoms with Crippen molar-refractivity contribution < 1.29 is 14.3 Å². The Morgan fingerprint density at radius 3 is 2.48 bits per heavy atom. The molecule has 0 radical (unpaired) electrons. The molecule has 1 aliphatic carbocycles. The van der Waals surface area contributed by atoms with Crippen LogP contribution in [0, 0.1) is 11.8 Å². The van der Waals surface area contributed by atoms with E-state index in [1.54, 1.807) is 11.9 Å². The van der Waals surface area contributed by atoms with E-state index in [1.807, 2.05) is 35.2 Å². The van der Waals surface area contributed by atoms with E-state index >= 15 is 0 Å². The maximum absolute atomic E-state index is 12.4. The zero-order chi connectivity index (χ0) is 14.8. The van der Waals surface area contributed by atoms with E-state index in [-0.39, 0.29) is 23.7 Å². The number of para-hydroxylation sites is 1. The number of amides is 2. The summed E-state index contributed by atoms with van der Waals surface area (Å²) in [6.07, 6.45) is 0.673. The lowest BCUT2D eigenvalue weighted by Crippen LogP contribution is -2.42. The van der Waals surface area contributed by atoms with Gasteiger partial charge in [-0.1, -0.05) is 18.2 Å². The number of hydrogen-bond acceptors (Lipinski definition) is 3. The zero-order valence-corrected chi connectivity index (χ0v) is 12.2. The van der Waals surface area contributed by atoms with Crippen LogP contribution in [0.5, 0.6) is 0 Å². The second-order valence-electron chi connectivity index (χ2n) is 5.62. The highest BCUT2D eigenvalue weighted by Crippen LogP contribution is 2.42. The van der Waals surface area contributed by atoms with Gasteiger partial charge in [-0.2, -0.15) is 0 Å². The summed E-state index contributed by atoms with van der Waals surface area (Å²) in [4.78, 5) is 28.2. The van der Waals surface area contributed by atoms with Crippen LogP contribution in [0.15, 0.2) is 30.3 Å². The van der Waals surface area contributed by atoms with Gasteiger partial charge in [-0.05, 0) is 18.6 Å². The van der Waals surface area contributed by atoms with Crippen molar-refractivity contribution in [3.63, 3.8) is 0 Å². The van der Waals surface area contributed by atoms with Crippen molar-refractivity contribution in [2.24, 2.45) is 11.8 Å². The number of carbonyl (C=O) groups is 2.